The highest BCUT2D eigenvalue weighted by atomic mass is 16.4. The third-order valence-electron chi connectivity index (χ3n) is 3.99. The number of rotatable bonds is 1. The van der Waals surface area contributed by atoms with Crippen LogP contribution in [0.25, 0.3) is 6.08 Å². The van der Waals surface area contributed by atoms with Crippen molar-refractivity contribution in [1.82, 2.24) is 5.32 Å². The number of hydrogen-bond acceptors (Lipinski definition) is 2. The largest absolute Gasteiger partial charge is 0.481 e. The summed E-state index contributed by atoms with van der Waals surface area (Å²) in [6.45, 7) is 0.544. The molecule has 3 heteroatoms. The lowest BCUT2D eigenvalue weighted by molar-refractivity contribution is -0.142. The molecule has 3 rings (SSSR count). The smallest absolute Gasteiger partial charge is 0.307 e. The molecule has 0 aromatic heterocycles. The molecule has 2 aliphatic rings. The van der Waals surface area contributed by atoms with Crippen molar-refractivity contribution >= 4 is 12.0 Å². The predicted octanol–water partition coefficient (Wildman–Crippen LogP) is 2.62. The van der Waals surface area contributed by atoms with Gasteiger partial charge in [-0.2, -0.15) is 0 Å². The highest BCUT2D eigenvalue weighted by molar-refractivity contribution is 5.70. The topological polar surface area (TPSA) is 49.3 Å². The van der Waals surface area contributed by atoms with E-state index in [1.807, 2.05) is 24.3 Å². The quantitative estimate of drug-likeness (QED) is 0.811. The highest BCUT2D eigenvalue weighted by Gasteiger charge is 2.33. The number of carboxylic acid groups (broad SMARTS) is 1. The van der Waals surface area contributed by atoms with E-state index in [0.717, 1.165) is 0 Å². The van der Waals surface area contributed by atoms with E-state index in [9.17, 15) is 9.90 Å². The maximum atomic E-state index is 11.2. The van der Waals surface area contributed by atoms with Crippen molar-refractivity contribution < 1.29 is 9.90 Å². The third kappa shape index (κ3) is 2.34. The highest BCUT2D eigenvalue weighted by Crippen LogP contribution is 2.35. The van der Waals surface area contributed by atoms with E-state index in [1.54, 1.807) is 0 Å². The Balaban J connectivity index is 1.96. The second-order valence-corrected chi connectivity index (χ2v) is 5.19. The molecule has 3 unspecified atom stereocenters. The average Bonchev–Trinajstić information content (AvgIpc) is 2.41. The Morgan fingerprint density at radius 2 is 2.11 bits per heavy atom. The SMILES string of the molecule is O=C(O)C1CNC2c3ccccc3/C=C\C=C/C2C1. The van der Waals surface area contributed by atoms with Gasteiger partial charge in [-0.25, -0.2) is 0 Å². The normalized spacial score (nSPS) is 32.3. The second-order valence-electron chi connectivity index (χ2n) is 5.19. The standard InChI is InChI=1S/C16H17NO2/c18-16(19)13-9-12-7-2-1-5-11-6-3-4-8-14(11)15(12)17-10-13/h1-8,12-13,15,17H,9-10H2,(H,18,19)/b5-1-,7-2-. The number of fused-ring (bicyclic) bond motifs is 3. The molecule has 0 bridgehead atoms. The molecule has 1 saturated heterocycles. The fourth-order valence-electron chi connectivity index (χ4n) is 3.00. The van der Waals surface area contributed by atoms with E-state index in [-0.39, 0.29) is 17.9 Å². The fourth-order valence-corrected chi connectivity index (χ4v) is 3.00. The lowest BCUT2D eigenvalue weighted by Gasteiger charge is -2.35. The zero-order valence-corrected chi connectivity index (χ0v) is 10.6. The van der Waals surface area contributed by atoms with Crippen molar-refractivity contribution in [3.05, 3.63) is 53.6 Å². The van der Waals surface area contributed by atoms with Gasteiger partial charge in [0.2, 0.25) is 0 Å². The van der Waals surface area contributed by atoms with Gasteiger partial charge in [-0.05, 0) is 23.5 Å². The summed E-state index contributed by atoms with van der Waals surface area (Å²) in [5.41, 5.74) is 2.47. The van der Waals surface area contributed by atoms with Crippen molar-refractivity contribution in [3.8, 4) is 0 Å². The first kappa shape index (κ1) is 12.2. The van der Waals surface area contributed by atoms with Crippen molar-refractivity contribution in [2.75, 3.05) is 6.54 Å². The van der Waals surface area contributed by atoms with Crippen LogP contribution in [-0.2, 0) is 4.79 Å². The summed E-state index contributed by atoms with van der Waals surface area (Å²) < 4.78 is 0. The Morgan fingerprint density at radius 1 is 1.26 bits per heavy atom. The molecule has 1 aromatic carbocycles. The molecule has 3 atom stereocenters. The van der Waals surface area contributed by atoms with Crippen LogP contribution in [0.15, 0.2) is 42.5 Å². The minimum absolute atomic E-state index is 0.216. The van der Waals surface area contributed by atoms with Crippen LogP contribution in [0.3, 0.4) is 0 Å². The van der Waals surface area contributed by atoms with Crippen LogP contribution in [-0.4, -0.2) is 17.6 Å². The van der Waals surface area contributed by atoms with Gasteiger partial charge in [0.25, 0.3) is 0 Å². The van der Waals surface area contributed by atoms with Crippen LogP contribution in [0.2, 0.25) is 0 Å². The van der Waals surface area contributed by atoms with Crippen molar-refractivity contribution in [3.63, 3.8) is 0 Å². The van der Waals surface area contributed by atoms with E-state index in [0.29, 0.717) is 13.0 Å². The van der Waals surface area contributed by atoms with Gasteiger partial charge in [-0.3, -0.25) is 4.79 Å². The number of benzene rings is 1. The number of carbonyl (C=O) groups is 1. The Kier molecular flexibility index (Phi) is 3.22. The first-order chi connectivity index (χ1) is 9.25. The Hall–Kier alpha value is -1.87. The van der Waals surface area contributed by atoms with Crippen LogP contribution in [0.1, 0.15) is 23.6 Å². The molecular weight excluding hydrogens is 238 g/mol. The van der Waals surface area contributed by atoms with Crippen LogP contribution in [0.5, 0.6) is 0 Å². The summed E-state index contributed by atoms with van der Waals surface area (Å²) >= 11 is 0. The molecule has 0 spiro atoms. The summed E-state index contributed by atoms with van der Waals surface area (Å²) in [6.07, 6.45) is 8.98. The molecule has 19 heavy (non-hydrogen) atoms. The Morgan fingerprint density at radius 3 is 2.95 bits per heavy atom. The number of aliphatic carboxylic acids is 1. The summed E-state index contributed by atoms with van der Waals surface area (Å²) in [6, 6.07) is 8.53. The number of nitrogens with one attached hydrogen (secondary N) is 1. The van der Waals surface area contributed by atoms with Gasteiger partial charge in [0.1, 0.15) is 0 Å². The fraction of sp³-hybridized carbons (Fsp3) is 0.312. The van der Waals surface area contributed by atoms with Gasteiger partial charge in [-0.15, -0.1) is 0 Å². The molecular formula is C16H17NO2. The van der Waals surface area contributed by atoms with E-state index < -0.39 is 5.97 Å². The average molecular weight is 255 g/mol. The Labute approximate surface area is 112 Å². The van der Waals surface area contributed by atoms with Gasteiger partial charge in [0, 0.05) is 12.6 Å². The van der Waals surface area contributed by atoms with Crippen molar-refractivity contribution in [2.45, 2.75) is 12.5 Å². The molecule has 2 N–H and O–H groups in total. The van der Waals surface area contributed by atoms with Crippen LogP contribution in [0.4, 0.5) is 0 Å². The van der Waals surface area contributed by atoms with Gasteiger partial charge in [0.15, 0.2) is 0 Å². The lowest BCUT2D eigenvalue weighted by Crippen LogP contribution is -2.42. The van der Waals surface area contributed by atoms with Gasteiger partial charge >= 0.3 is 5.97 Å². The predicted molar refractivity (Wildman–Crippen MR) is 74.6 cm³/mol. The molecule has 98 valence electrons. The molecule has 0 radical (unpaired) electrons. The number of piperidine rings is 1. The minimum atomic E-state index is -0.703. The van der Waals surface area contributed by atoms with Gasteiger partial charge in [0.05, 0.1) is 5.92 Å². The summed E-state index contributed by atoms with van der Waals surface area (Å²) in [5.74, 6) is -0.757. The monoisotopic (exact) mass is 255 g/mol. The van der Waals surface area contributed by atoms with Crippen LogP contribution in [0, 0.1) is 11.8 Å². The van der Waals surface area contributed by atoms with E-state index >= 15 is 0 Å². The number of hydrogen-bond donors (Lipinski definition) is 2. The van der Waals surface area contributed by atoms with Crippen LogP contribution >= 0.6 is 0 Å². The summed E-state index contributed by atoms with van der Waals surface area (Å²) in [4.78, 5) is 11.2. The molecule has 1 aromatic rings. The molecule has 1 aliphatic carbocycles. The summed E-state index contributed by atoms with van der Waals surface area (Å²) in [7, 11) is 0. The van der Waals surface area contributed by atoms with E-state index in [1.165, 1.54) is 11.1 Å². The van der Waals surface area contributed by atoms with E-state index in [2.05, 4.69) is 29.6 Å². The summed E-state index contributed by atoms with van der Waals surface area (Å²) in [5, 5.41) is 12.6. The molecule has 1 fully saturated rings. The maximum Gasteiger partial charge on any atom is 0.307 e. The van der Waals surface area contributed by atoms with E-state index in [4.69, 9.17) is 0 Å². The number of allylic oxidation sites excluding steroid dienone is 2. The Bertz CT molecular complexity index is 547. The zero-order valence-electron chi connectivity index (χ0n) is 10.6. The first-order valence-corrected chi connectivity index (χ1v) is 6.65. The molecule has 1 heterocycles. The molecule has 0 saturated carbocycles. The lowest BCUT2D eigenvalue weighted by atomic mass is 9.79. The second kappa shape index (κ2) is 5.02. The van der Waals surface area contributed by atoms with Crippen LogP contribution < -0.4 is 5.32 Å². The third-order valence-corrected chi connectivity index (χ3v) is 3.99. The first-order valence-electron chi connectivity index (χ1n) is 6.65. The number of carboxylic acids is 1. The van der Waals surface area contributed by atoms with Crippen molar-refractivity contribution in [1.29, 1.82) is 0 Å². The minimum Gasteiger partial charge on any atom is -0.481 e. The maximum absolute atomic E-state index is 11.2. The molecule has 3 nitrogen and oxygen atoms in total. The zero-order chi connectivity index (χ0) is 13.2. The van der Waals surface area contributed by atoms with Gasteiger partial charge in [-0.1, -0.05) is 48.6 Å². The van der Waals surface area contributed by atoms with Gasteiger partial charge < -0.3 is 10.4 Å². The molecule has 0 amide bonds. The van der Waals surface area contributed by atoms with Crippen molar-refractivity contribution in [2.24, 2.45) is 11.8 Å². The molecule has 1 aliphatic heterocycles.